The van der Waals surface area contributed by atoms with E-state index in [4.69, 9.17) is 0 Å². The predicted octanol–water partition coefficient (Wildman–Crippen LogP) is 6.03. The summed E-state index contributed by atoms with van der Waals surface area (Å²) in [7, 11) is 0. The molecule has 0 aliphatic carbocycles. The summed E-state index contributed by atoms with van der Waals surface area (Å²) in [5.41, 5.74) is 6.42. The van der Waals surface area contributed by atoms with E-state index in [0.29, 0.717) is 0 Å². The van der Waals surface area contributed by atoms with Crippen molar-refractivity contribution in [1.29, 1.82) is 0 Å². The molecule has 3 aromatic carbocycles. The molecule has 0 atom stereocenters. The van der Waals surface area contributed by atoms with E-state index in [-0.39, 0.29) is 0 Å². The lowest BCUT2D eigenvalue weighted by molar-refractivity contribution is 1.59. The van der Waals surface area contributed by atoms with E-state index in [9.17, 15) is 0 Å². The number of hydrogen-bond donors (Lipinski definition) is 0. The Morgan fingerprint density at radius 2 is 0.960 bits per heavy atom. The highest BCUT2D eigenvalue weighted by molar-refractivity contribution is 7.00. The number of hydrogen-bond acceptors (Lipinski definition) is 3. The summed E-state index contributed by atoms with van der Waals surface area (Å²) in [6.07, 6.45) is 8.41. The molecule has 0 saturated heterocycles. The monoisotopic (exact) mass is 340 g/mol. The Kier molecular flexibility index (Phi) is 4.49. The molecule has 0 N–H and O–H groups in total. The van der Waals surface area contributed by atoms with Gasteiger partial charge in [0.05, 0.1) is 11.7 Å². The first kappa shape index (κ1) is 15.5. The quantitative estimate of drug-likeness (QED) is 0.424. The Bertz CT molecular complexity index is 948. The van der Waals surface area contributed by atoms with Gasteiger partial charge in [0.15, 0.2) is 0 Å². The van der Waals surface area contributed by atoms with E-state index < -0.39 is 0 Å². The molecule has 0 aliphatic rings. The molecule has 0 bridgehead atoms. The van der Waals surface area contributed by atoms with Gasteiger partial charge in [-0.3, -0.25) is 0 Å². The Hall–Kier alpha value is -3.04. The van der Waals surface area contributed by atoms with Gasteiger partial charge in [-0.15, -0.1) is 0 Å². The van der Waals surface area contributed by atoms with Gasteiger partial charge in [0.2, 0.25) is 0 Å². The van der Waals surface area contributed by atoms with Crippen LogP contribution in [0.4, 0.5) is 0 Å². The van der Waals surface area contributed by atoms with Crippen LogP contribution in [0.25, 0.3) is 35.3 Å². The molecule has 0 unspecified atom stereocenters. The molecule has 0 amide bonds. The average Bonchev–Trinajstić information content (AvgIpc) is 3.17. The molecular weight excluding hydrogens is 324 g/mol. The average molecular weight is 340 g/mol. The fourth-order valence-corrected chi connectivity index (χ4v) is 3.26. The summed E-state index contributed by atoms with van der Waals surface area (Å²) in [4.78, 5) is 0. The second-order valence-electron chi connectivity index (χ2n) is 5.69. The summed E-state index contributed by atoms with van der Waals surface area (Å²) in [5.74, 6) is 0. The van der Waals surface area contributed by atoms with Gasteiger partial charge in [-0.05, 0) is 11.1 Å². The van der Waals surface area contributed by atoms with Crippen molar-refractivity contribution in [3.63, 3.8) is 0 Å². The number of nitrogens with zero attached hydrogens (tertiary/aromatic N) is 2. The van der Waals surface area contributed by atoms with Crippen molar-refractivity contribution in [3.05, 3.63) is 95.1 Å². The van der Waals surface area contributed by atoms with Crippen LogP contribution in [0.1, 0.15) is 22.3 Å². The Balaban J connectivity index is 1.67. The van der Waals surface area contributed by atoms with Crippen molar-refractivity contribution < 1.29 is 0 Å². The molecule has 0 saturated carbocycles. The molecule has 0 aliphatic heterocycles. The fourth-order valence-electron chi connectivity index (χ4n) is 2.67. The lowest BCUT2D eigenvalue weighted by Gasteiger charge is -2.00. The Labute approximate surface area is 151 Å². The third-order valence-corrected chi connectivity index (χ3v) is 4.52. The minimum absolute atomic E-state index is 0.951. The van der Waals surface area contributed by atoms with Crippen LogP contribution in [0.15, 0.2) is 72.8 Å². The number of rotatable bonds is 4. The first-order valence-electron chi connectivity index (χ1n) is 8.12. The Morgan fingerprint density at radius 3 is 1.40 bits per heavy atom. The van der Waals surface area contributed by atoms with Crippen LogP contribution < -0.4 is 0 Å². The van der Waals surface area contributed by atoms with Crippen molar-refractivity contribution in [2.24, 2.45) is 0 Å². The maximum absolute atomic E-state index is 4.49. The molecular formula is C22H16N2S. The van der Waals surface area contributed by atoms with Gasteiger partial charge >= 0.3 is 0 Å². The van der Waals surface area contributed by atoms with Crippen molar-refractivity contribution in [3.8, 4) is 0 Å². The normalized spacial score (nSPS) is 11.7. The SMILES string of the molecule is C(=C\c1ccc(/C=C/c2ccccc2)c2nsnc12)/c1ccccc1. The van der Waals surface area contributed by atoms with E-state index >= 15 is 0 Å². The fraction of sp³-hybridized carbons (Fsp3) is 0. The molecule has 1 aromatic heterocycles. The Morgan fingerprint density at radius 1 is 0.520 bits per heavy atom. The van der Waals surface area contributed by atoms with E-state index in [2.05, 4.69) is 69.4 Å². The summed E-state index contributed by atoms with van der Waals surface area (Å²) in [6, 6.07) is 24.8. The molecule has 2 nitrogen and oxygen atoms in total. The summed E-state index contributed by atoms with van der Waals surface area (Å²) in [6.45, 7) is 0. The third kappa shape index (κ3) is 3.57. The highest BCUT2D eigenvalue weighted by atomic mass is 32.1. The first-order chi connectivity index (χ1) is 12.4. The van der Waals surface area contributed by atoms with Crippen molar-refractivity contribution >= 4 is 47.1 Å². The lowest BCUT2D eigenvalue weighted by Crippen LogP contribution is -1.82. The molecule has 4 aromatic rings. The van der Waals surface area contributed by atoms with E-state index in [1.54, 1.807) is 0 Å². The smallest absolute Gasteiger partial charge is 0.112 e. The zero-order valence-corrected chi connectivity index (χ0v) is 14.4. The topological polar surface area (TPSA) is 25.8 Å². The second-order valence-corrected chi connectivity index (χ2v) is 6.22. The predicted molar refractivity (Wildman–Crippen MR) is 108 cm³/mol. The van der Waals surface area contributed by atoms with Crippen molar-refractivity contribution in [2.45, 2.75) is 0 Å². The van der Waals surface area contributed by atoms with Crippen LogP contribution in [0.5, 0.6) is 0 Å². The van der Waals surface area contributed by atoms with Crippen LogP contribution in [-0.2, 0) is 0 Å². The minimum Gasteiger partial charge on any atom is -0.172 e. The summed E-state index contributed by atoms with van der Waals surface area (Å²) in [5, 5.41) is 0. The summed E-state index contributed by atoms with van der Waals surface area (Å²) >= 11 is 1.26. The second kappa shape index (κ2) is 7.24. The molecule has 3 heteroatoms. The lowest BCUT2D eigenvalue weighted by atomic mass is 10.1. The molecule has 1 heterocycles. The van der Waals surface area contributed by atoms with E-state index in [0.717, 1.165) is 22.2 Å². The van der Waals surface area contributed by atoms with Gasteiger partial charge in [0.1, 0.15) is 11.0 Å². The highest BCUT2D eigenvalue weighted by Gasteiger charge is 2.07. The largest absolute Gasteiger partial charge is 0.172 e. The third-order valence-electron chi connectivity index (χ3n) is 3.99. The van der Waals surface area contributed by atoms with Gasteiger partial charge in [-0.25, -0.2) is 0 Å². The maximum Gasteiger partial charge on any atom is 0.112 e. The maximum atomic E-state index is 4.49. The zero-order valence-electron chi connectivity index (χ0n) is 13.5. The molecule has 0 fully saturated rings. The van der Waals surface area contributed by atoms with Crippen LogP contribution in [0, 0.1) is 0 Å². The number of aromatic nitrogens is 2. The van der Waals surface area contributed by atoms with Crippen LogP contribution in [0.2, 0.25) is 0 Å². The first-order valence-corrected chi connectivity index (χ1v) is 8.85. The summed E-state index contributed by atoms with van der Waals surface area (Å²) < 4.78 is 8.98. The standard InChI is InChI=1S/C22H16N2S/c1-3-7-17(8-4-1)11-13-19-15-16-20(22-21(19)23-25-24-22)14-12-18-9-5-2-6-10-18/h1-16H/b13-11+,14-12+. The highest BCUT2D eigenvalue weighted by Crippen LogP contribution is 2.24. The molecule has 120 valence electrons. The van der Waals surface area contributed by atoms with Gasteiger partial charge in [-0.1, -0.05) is 97.1 Å². The van der Waals surface area contributed by atoms with Gasteiger partial charge in [0, 0.05) is 11.1 Å². The van der Waals surface area contributed by atoms with Crippen LogP contribution in [-0.4, -0.2) is 8.75 Å². The van der Waals surface area contributed by atoms with Gasteiger partial charge < -0.3 is 0 Å². The number of benzene rings is 3. The molecule has 0 radical (unpaired) electrons. The van der Waals surface area contributed by atoms with Crippen LogP contribution >= 0.6 is 11.7 Å². The van der Waals surface area contributed by atoms with Crippen molar-refractivity contribution in [2.75, 3.05) is 0 Å². The van der Waals surface area contributed by atoms with E-state index in [1.807, 2.05) is 36.4 Å². The minimum atomic E-state index is 0.951. The molecule has 25 heavy (non-hydrogen) atoms. The molecule has 4 rings (SSSR count). The van der Waals surface area contributed by atoms with Crippen LogP contribution in [0.3, 0.4) is 0 Å². The van der Waals surface area contributed by atoms with Gasteiger partial charge in [0.25, 0.3) is 0 Å². The van der Waals surface area contributed by atoms with Crippen molar-refractivity contribution in [1.82, 2.24) is 8.75 Å². The zero-order chi connectivity index (χ0) is 16.9. The van der Waals surface area contributed by atoms with E-state index in [1.165, 1.54) is 22.9 Å². The molecule has 0 spiro atoms. The number of fused-ring (bicyclic) bond motifs is 1. The van der Waals surface area contributed by atoms with Gasteiger partial charge in [-0.2, -0.15) is 8.75 Å².